The molecule has 0 spiro atoms. The number of esters is 2. The molecule has 0 amide bonds. The van der Waals surface area contributed by atoms with Gasteiger partial charge in [0.05, 0.1) is 0 Å². The largest absolute Gasteiger partial charge is 0.350 e. The number of hydrogen-bond acceptors (Lipinski definition) is 6. The molecule has 0 saturated carbocycles. The zero-order chi connectivity index (χ0) is 12.7. The van der Waals surface area contributed by atoms with Crippen LogP contribution in [0.4, 0.5) is 0 Å². The Morgan fingerprint density at radius 1 is 1.00 bits per heavy atom. The fraction of sp³-hybridized carbons (Fsp3) is 0.0909. The summed E-state index contributed by atoms with van der Waals surface area (Å²) in [7, 11) is 0. The molecule has 0 unspecified atom stereocenters. The number of carbonyl (C=O) groups is 2. The monoisotopic (exact) mass is 230 g/mol. The standard InChI is InChI=1S/C11H6N2O4/c12-6-16-10(14)9(11(15)17-7-13)8-4-2-1-3-5-8/h1-5,9H. The normalized spacial score (nSPS) is 8.88. The maximum atomic E-state index is 11.4. The first-order valence-corrected chi connectivity index (χ1v) is 4.45. The van der Waals surface area contributed by atoms with Gasteiger partial charge in [0.15, 0.2) is 5.92 Å². The second kappa shape index (κ2) is 5.89. The van der Waals surface area contributed by atoms with Gasteiger partial charge in [-0.25, -0.2) is 9.59 Å². The third-order valence-electron chi connectivity index (χ3n) is 1.90. The van der Waals surface area contributed by atoms with Crippen molar-refractivity contribution >= 4 is 11.9 Å². The van der Waals surface area contributed by atoms with Gasteiger partial charge in [-0.3, -0.25) is 0 Å². The third-order valence-corrected chi connectivity index (χ3v) is 1.90. The van der Waals surface area contributed by atoms with E-state index in [-0.39, 0.29) is 5.56 Å². The maximum absolute atomic E-state index is 11.4. The Kier molecular flexibility index (Phi) is 4.23. The molecule has 17 heavy (non-hydrogen) atoms. The van der Waals surface area contributed by atoms with Crippen molar-refractivity contribution in [1.29, 1.82) is 10.5 Å². The van der Waals surface area contributed by atoms with Crippen molar-refractivity contribution in [2.75, 3.05) is 0 Å². The molecule has 6 heteroatoms. The lowest BCUT2D eigenvalue weighted by Gasteiger charge is -2.09. The van der Waals surface area contributed by atoms with E-state index in [9.17, 15) is 9.59 Å². The van der Waals surface area contributed by atoms with Crippen molar-refractivity contribution in [3.05, 3.63) is 35.9 Å². The number of rotatable bonds is 3. The molecule has 0 atom stereocenters. The van der Waals surface area contributed by atoms with E-state index < -0.39 is 17.9 Å². The van der Waals surface area contributed by atoms with Crippen molar-refractivity contribution in [2.24, 2.45) is 0 Å². The zero-order valence-electron chi connectivity index (χ0n) is 8.49. The van der Waals surface area contributed by atoms with Crippen LogP contribution in [0.3, 0.4) is 0 Å². The van der Waals surface area contributed by atoms with Crippen LogP contribution in [0.25, 0.3) is 0 Å². The third kappa shape index (κ3) is 3.05. The second-order valence-electron chi connectivity index (χ2n) is 2.87. The lowest BCUT2D eigenvalue weighted by Crippen LogP contribution is -2.24. The predicted octanol–water partition coefficient (Wildman–Crippen LogP) is 0.819. The molecular formula is C11H6N2O4. The Hall–Kier alpha value is -2.86. The maximum Gasteiger partial charge on any atom is 0.340 e. The van der Waals surface area contributed by atoms with Crippen LogP contribution in [0.1, 0.15) is 11.5 Å². The quantitative estimate of drug-likeness (QED) is 0.433. The summed E-state index contributed by atoms with van der Waals surface area (Å²) in [5.41, 5.74) is 0.285. The van der Waals surface area contributed by atoms with Crippen LogP contribution in [0.5, 0.6) is 0 Å². The highest BCUT2D eigenvalue weighted by Gasteiger charge is 2.32. The molecule has 0 saturated heterocycles. The van der Waals surface area contributed by atoms with Crippen molar-refractivity contribution in [2.45, 2.75) is 5.92 Å². The lowest BCUT2D eigenvalue weighted by atomic mass is 10.00. The number of hydrogen-bond donors (Lipinski definition) is 0. The van der Waals surface area contributed by atoms with Gasteiger partial charge in [-0.05, 0) is 5.56 Å². The molecule has 0 aliphatic rings. The molecule has 1 aromatic carbocycles. The summed E-state index contributed by atoms with van der Waals surface area (Å²) in [4.78, 5) is 22.8. The highest BCUT2D eigenvalue weighted by atomic mass is 16.5. The number of benzene rings is 1. The fourth-order valence-electron chi connectivity index (χ4n) is 1.22. The first kappa shape index (κ1) is 12.2. The van der Waals surface area contributed by atoms with Crippen LogP contribution in [-0.4, -0.2) is 11.9 Å². The van der Waals surface area contributed by atoms with Crippen LogP contribution in [0.15, 0.2) is 30.3 Å². The molecule has 6 nitrogen and oxygen atoms in total. The molecule has 1 rings (SSSR count). The minimum absolute atomic E-state index is 0.285. The molecule has 0 N–H and O–H groups in total. The van der Waals surface area contributed by atoms with Gasteiger partial charge in [-0.15, -0.1) is 10.5 Å². The first-order chi connectivity index (χ1) is 8.20. The van der Waals surface area contributed by atoms with E-state index in [1.807, 2.05) is 0 Å². The van der Waals surface area contributed by atoms with E-state index in [0.717, 1.165) is 0 Å². The van der Waals surface area contributed by atoms with Gasteiger partial charge in [0.1, 0.15) is 0 Å². The van der Waals surface area contributed by atoms with E-state index >= 15 is 0 Å². The van der Waals surface area contributed by atoms with E-state index in [1.165, 1.54) is 24.6 Å². The SMILES string of the molecule is N#COC(=O)C(C(=O)OC#N)c1ccccc1. The van der Waals surface area contributed by atoms with E-state index in [1.54, 1.807) is 18.2 Å². The molecular weight excluding hydrogens is 224 g/mol. The molecule has 0 aliphatic heterocycles. The Labute approximate surface area is 96.6 Å². The molecule has 0 heterocycles. The highest BCUT2D eigenvalue weighted by molar-refractivity contribution is 6.01. The summed E-state index contributed by atoms with van der Waals surface area (Å²) in [5, 5.41) is 16.5. The Bertz CT molecular complexity index is 470. The highest BCUT2D eigenvalue weighted by Crippen LogP contribution is 2.18. The van der Waals surface area contributed by atoms with Crippen LogP contribution in [0.2, 0.25) is 0 Å². The summed E-state index contributed by atoms with van der Waals surface area (Å²) in [6, 6.07) is 7.86. The number of ether oxygens (including phenoxy) is 2. The van der Waals surface area contributed by atoms with Crippen LogP contribution in [0, 0.1) is 23.0 Å². The number of carbonyl (C=O) groups excluding carboxylic acids is 2. The van der Waals surface area contributed by atoms with Crippen molar-refractivity contribution in [3.63, 3.8) is 0 Å². The van der Waals surface area contributed by atoms with Gasteiger partial charge in [-0.2, -0.15) is 0 Å². The van der Waals surface area contributed by atoms with Crippen molar-refractivity contribution in [3.8, 4) is 12.5 Å². The molecule has 84 valence electrons. The zero-order valence-corrected chi connectivity index (χ0v) is 8.49. The van der Waals surface area contributed by atoms with E-state index in [2.05, 4.69) is 9.47 Å². The molecule has 0 radical (unpaired) electrons. The predicted molar refractivity (Wildman–Crippen MR) is 52.6 cm³/mol. The Morgan fingerprint density at radius 2 is 1.47 bits per heavy atom. The van der Waals surface area contributed by atoms with Gasteiger partial charge in [0.25, 0.3) is 12.5 Å². The minimum Gasteiger partial charge on any atom is -0.350 e. The van der Waals surface area contributed by atoms with Gasteiger partial charge < -0.3 is 9.47 Å². The van der Waals surface area contributed by atoms with Crippen LogP contribution < -0.4 is 0 Å². The van der Waals surface area contributed by atoms with Crippen molar-refractivity contribution in [1.82, 2.24) is 0 Å². The van der Waals surface area contributed by atoms with E-state index in [0.29, 0.717) is 0 Å². The first-order valence-electron chi connectivity index (χ1n) is 4.45. The molecule has 0 aromatic heterocycles. The van der Waals surface area contributed by atoms with Gasteiger partial charge in [-0.1, -0.05) is 30.3 Å². The average Bonchev–Trinajstić information content (AvgIpc) is 2.31. The summed E-state index contributed by atoms with van der Waals surface area (Å²) in [6.07, 6.45) is 2.35. The smallest absolute Gasteiger partial charge is 0.340 e. The number of nitrogens with zero attached hydrogens (tertiary/aromatic N) is 2. The fourth-order valence-corrected chi connectivity index (χ4v) is 1.22. The van der Waals surface area contributed by atoms with E-state index in [4.69, 9.17) is 10.5 Å². The Balaban J connectivity index is 3.04. The topological polar surface area (TPSA) is 100 Å². The summed E-state index contributed by atoms with van der Waals surface area (Å²) < 4.78 is 8.16. The van der Waals surface area contributed by atoms with Crippen LogP contribution >= 0.6 is 0 Å². The molecule has 1 aromatic rings. The second-order valence-corrected chi connectivity index (χ2v) is 2.87. The van der Waals surface area contributed by atoms with Crippen molar-refractivity contribution < 1.29 is 19.1 Å². The van der Waals surface area contributed by atoms with Gasteiger partial charge >= 0.3 is 11.9 Å². The molecule has 0 bridgehead atoms. The number of nitriles is 2. The summed E-state index contributed by atoms with van der Waals surface area (Å²) in [5.74, 6) is -3.60. The minimum atomic E-state index is -1.43. The summed E-state index contributed by atoms with van der Waals surface area (Å²) >= 11 is 0. The van der Waals surface area contributed by atoms with Gasteiger partial charge in [0.2, 0.25) is 0 Å². The van der Waals surface area contributed by atoms with Gasteiger partial charge in [0, 0.05) is 0 Å². The summed E-state index contributed by atoms with van der Waals surface area (Å²) in [6.45, 7) is 0. The average molecular weight is 230 g/mol. The molecule has 0 aliphatic carbocycles. The molecule has 0 fully saturated rings. The lowest BCUT2D eigenvalue weighted by molar-refractivity contribution is -0.150. The van der Waals surface area contributed by atoms with Crippen LogP contribution in [-0.2, 0) is 19.1 Å². The Morgan fingerprint density at radius 3 is 1.88 bits per heavy atom.